The molecule has 2 aromatic rings. The van der Waals surface area contributed by atoms with Crippen molar-refractivity contribution in [2.75, 3.05) is 13.2 Å². The fraction of sp³-hybridized carbons (Fsp3) is 0.294. The quantitative estimate of drug-likeness (QED) is 0.0793. The summed E-state index contributed by atoms with van der Waals surface area (Å²) >= 11 is 0. The number of rotatable bonds is 8. The van der Waals surface area contributed by atoms with Crippen molar-refractivity contribution in [2.45, 2.75) is 6.42 Å². The van der Waals surface area contributed by atoms with Crippen LogP contribution in [0.5, 0.6) is 11.5 Å². The van der Waals surface area contributed by atoms with E-state index in [1.165, 1.54) is 12.4 Å². The van der Waals surface area contributed by atoms with Gasteiger partial charge in [-0.3, -0.25) is 0 Å². The van der Waals surface area contributed by atoms with Crippen LogP contribution >= 0.6 is 0 Å². The predicted octanol–water partition coefficient (Wildman–Crippen LogP) is -5.19. The molecule has 0 aliphatic rings. The molecule has 0 saturated heterocycles. The molecule has 0 radical (unpaired) electrons. The standard InChI is InChI=1S/C17H20N4O4.2HI/c1-20-12-16(6-4-14(20)10-18-22)24-8-3-9-25-17-7-5-15(11-19-23)21(2)13-17;;/h4-7,10-13H,3,8-9H2,1-2H3;2*1H. The van der Waals surface area contributed by atoms with Gasteiger partial charge >= 0.3 is 0 Å². The maximum absolute atomic E-state index is 8.56. The molecule has 0 amide bonds. The number of aromatic nitrogens is 2. The SMILES string of the molecule is C[n+]1cc(OCCCOc2ccc(/C=N\O)[n+](C)c2)ccc1/C=N\O.[I-].[I-]. The van der Waals surface area contributed by atoms with Crippen molar-refractivity contribution in [1.82, 2.24) is 0 Å². The highest BCUT2D eigenvalue weighted by molar-refractivity contribution is 5.74. The number of ether oxygens (including phenoxy) is 2. The van der Waals surface area contributed by atoms with Crippen molar-refractivity contribution in [1.29, 1.82) is 0 Å². The molecule has 27 heavy (non-hydrogen) atoms. The average molecular weight is 600 g/mol. The van der Waals surface area contributed by atoms with Crippen LogP contribution in [-0.2, 0) is 14.1 Å². The van der Waals surface area contributed by atoms with Crippen LogP contribution in [-0.4, -0.2) is 36.1 Å². The van der Waals surface area contributed by atoms with Gasteiger partial charge in [0.15, 0.2) is 11.5 Å². The lowest BCUT2D eigenvalue weighted by Crippen LogP contribution is -3.00. The summed E-state index contributed by atoms with van der Waals surface area (Å²) in [5.41, 5.74) is 1.53. The van der Waals surface area contributed by atoms with Gasteiger partial charge in [0.2, 0.25) is 23.8 Å². The molecular formula is C17H22I2N4O4. The van der Waals surface area contributed by atoms with E-state index in [1.807, 2.05) is 59.9 Å². The smallest absolute Gasteiger partial charge is 0.227 e. The molecule has 0 spiro atoms. The van der Waals surface area contributed by atoms with E-state index in [9.17, 15) is 0 Å². The molecule has 0 saturated carbocycles. The minimum absolute atomic E-state index is 0. The van der Waals surface area contributed by atoms with E-state index in [0.29, 0.717) is 13.2 Å². The first kappa shape index (κ1) is 25.3. The highest BCUT2D eigenvalue weighted by atomic mass is 127. The number of pyridine rings is 2. The van der Waals surface area contributed by atoms with E-state index in [2.05, 4.69) is 10.3 Å². The average Bonchev–Trinajstić information content (AvgIpc) is 2.59. The molecule has 2 aromatic heterocycles. The van der Waals surface area contributed by atoms with Crippen LogP contribution in [0.15, 0.2) is 47.0 Å². The van der Waals surface area contributed by atoms with E-state index in [4.69, 9.17) is 19.9 Å². The lowest BCUT2D eigenvalue weighted by Gasteiger charge is -2.07. The topological polar surface area (TPSA) is 91.4 Å². The molecule has 0 atom stereocenters. The third kappa shape index (κ3) is 8.24. The van der Waals surface area contributed by atoms with Crippen molar-refractivity contribution < 1.29 is 77.0 Å². The van der Waals surface area contributed by atoms with Crippen LogP contribution in [0.4, 0.5) is 0 Å². The lowest BCUT2D eigenvalue weighted by molar-refractivity contribution is -0.672. The Labute approximate surface area is 192 Å². The Balaban J connectivity index is 0.00000338. The zero-order valence-electron chi connectivity index (χ0n) is 15.0. The van der Waals surface area contributed by atoms with Gasteiger partial charge in [0.1, 0.15) is 26.5 Å². The molecule has 8 nitrogen and oxygen atoms in total. The lowest BCUT2D eigenvalue weighted by atomic mass is 10.3. The largest absolute Gasteiger partial charge is 1.00 e. The summed E-state index contributed by atoms with van der Waals surface area (Å²) in [7, 11) is 3.69. The molecule has 2 rings (SSSR count). The van der Waals surface area contributed by atoms with E-state index in [0.717, 1.165) is 29.3 Å². The van der Waals surface area contributed by atoms with Crippen LogP contribution < -0.4 is 66.6 Å². The van der Waals surface area contributed by atoms with Gasteiger partial charge in [-0.25, -0.2) is 0 Å². The van der Waals surface area contributed by atoms with Crippen molar-refractivity contribution in [3.63, 3.8) is 0 Å². The molecule has 0 unspecified atom stereocenters. The number of hydrogen-bond acceptors (Lipinski definition) is 6. The van der Waals surface area contributed by atoms with Gasteiger partial charge < -0.3 is 67.8 Å². The summed E-state index contributed by atoms with van der Waals surface area (Å²) in [6, 6.07) is 7.25. The minimum atomic E-state index is 0. The van der Waals surface area contributed by atoms with Crippen molar-refractivity contribution in [3.8, 4) is 11.5 Å². The number of oxime groups is 2. The normalized spacial score (nSPS) is 10.4. The Morgan fingerprint density at radius 2 is 1.22 bits per heavy atom. The van der Waals surface area contributed by atoms with Gasteiger partial charge in [0.05, 0.1) is 13.2 Å². The molecule has 0 aliphatic heterocycles. The molecule has 10 heteroatoms. The fourth-order valence-corrected chi connectivity index (χ4v) is 2.18. The van der Waals surface area contributed by atoms with Crippen molar-refractivity contribution >= 4 is 12.4 Å². The van der Waals surface area contributed by atoms with Gasteiger partial charge in [-0.1, -0.05) is 10.3 Å². The third-order valence-corrected chi connectivity index (χ3v) is 3.50. The van der Waals surface area contributed by atoms with Crippen LogP contribution in [0.1, 0.15) is 17.8 Å². The summed E-state index contributed by atoms with van der Waals surface area (Å²) in [5, 5.41) is 23.1. The Bertz CT molecular complexity index is 709. The molecule has 148 valence electrons. The first-order valence-corrected chi connectivity index (χ1v) is 7.74. The van der Waals surface area contributed by atoms with Gasteiger partial charge in [-0.05, 0) is 12.1 Å². The molecule has 0 aliphatic carbocycles. The first-order valence-electron chi connectivity index (χ1n) is 7.74. The summed E-state index contributed by atoms with van der Waals surface area (Å²) in [6.07, 6.45) is 7.08. The highest BCUT2D eigenvalue weighted by Gasteiger charge is 2.08. The number of nitrogens with zero attached hydrogens (tertiary/aromatic N) is 4. The molecule has 0 bridgehead atoms. The Morgan fingerprint density at radius 1 is 0.815 bits per heavy atom. The summed E-state index contributed by atoms with van der Waals surface area (Å²) in [6.45, 7) is 1.05. The van der Waals surface area contributed by atoms with Crippen LogP contribution in [0.25, 0.3) is 0 Å². The second kappa shape index (κ2) is 13.5. The van der Waals surface area contributed by atoms with E-state index in [1.54, 1.807) is 0 Å². The highest BCUT2D eigenvalue weighted by Crippen LogP contribution is 2.09. The minimum Gasteiger partial charge on any atom is -1.00 e. The monoisotopic (exact) mass is 600 g/mol. The summed E-state index contributed by atoms with van der Waals surface area (Å²) in [4.78, 5) is 0. The Kier molecular flexibility index (Phi) is 12.6. The molecule has 2 N–H and O–H groups in total. The third-order valence-electron chi connectivity index (χ3n) is 3.50. The summed E-state index contributed by atoms with van der Waals surface area (Å²) < 4.78 is 15.0. The zero-order valence-corrected chi connectivity index (χ0v) is 19.3. The van der Waals surface area contributed by atoms with Crippen LogP contribution in [0, 0.1) is 0 Å². The fourth-order valence-electron chi connectivity index (χ4n) is 2.18. The second-order valence-corrected chi connectivity index (χ2v) is 5.34. The first-order chi connectivity index (χ1) is 12.1. The van der Waals surface area contributed by atoms with Gasteiger partial charge in [0.25, 0.3) is 0 Å². The van der Waals surface area contributed by atoms with Gasteiger partial charge in [-0.2, -0.15) is 9.13 Å². The summed E-state index contributed by atoms with van der Waals surface area (Å²) in [5.74, 6) is 1.47. The molecule has 0 aromatic carbocycles. The maximum Gasteiger partial charge on any atom is 0.227 e. The second-order valence-electron chi connectivity index (χ2n) is 5.34. The van der Waals surface area contributed by atoms with E-state index >= 15 is 0 Å². The van der Waals surface area contributed by atoms with Crippen LogP contribution in [0.3, 0.4) is 0 Å². The number of halogens is 2. The molecular weight excluding hydrogens is 578 g/mol. The molecule has 0 fully saturated rings. The zero-order chi connectivity index (χ0) is 18.1. The number of aryl methyl sites for hydroxylation is 2. The van der Waals surface area contributed by atoms with E-state index < -0.39 is 0 Å². The Hall–Kier alpha value is -1.70. The maximum atomic E-state index is 8.56. The number of hydrogen-bond donors (Lipinski definition) is 2. The van der Waals surface area contributed by atoms with Crippen molar-refractivity contribution in [2.24, 2.45) is 24.4 Å². The van der Waals surface area contributed by atoms with Crippen LogP contribution in [0.2, 0.25) is 0 Å². The van der Waals surface area contributed by atoms with Gasteiger partial charge in [0, 0.05) is 18.6 Å². The predicted molar refractivity (Wildman–Crippen MR) is 89.6 cm³/mol. The van der Waals surface area contributed by atoms with Crippen molar-refractivity contribution in [3.05, 3.63) is 48.0 Å². The Morgan fingerprint density at radius 3 is 1.56 bits per heavy atom. The van der Waals surface area contributed by atoms with E-state index in [-0.39, 0.29) is 48.0 Å². The van der Waals surface area contributed by atoms with Gasteiger partial charge in [-0.15, -0.1) is 0 Å². The molecule has 2 heterocycles.